The van der Waals surface area contributed by atoms with E-state index in [4.69, 9.17) is 0 Å². The van der Waals surface area contributed by atoms with Crippen LogP contribution in [0, 0.1) is 0 Å². The predicted molar refractivity (Wildman–Crippen MR) is 64.2 cm³/mol. The van der Waals surface area contributed by atoms with Gasteiger partial charge in [0, 0.05) is 6.54 Å². The zero-order valence-corrected chi connectivity index (χ0v) is 10.7. The maximum atomic E-state index is 11.3. The van der Waals surface area contributed by atoms with Crippen molar-refractivity contribution in [1.82, 2.24) is 9.80 Å². The Hall–Kier alpha value is -0.400. The van der Waals surface area contributed by atoms with Gasteiger partial charge in [0.15, 0.2) is 0 Å². The van der Waals surface area contributed by atoms with Gasteiger partial charge in [0.25, 0.3) is 0 Å². The maximum Gasteiger partial charge on any atom is 0.226 e. The highest BCUT2D eigenvalue weighted by Gasteiger charge is 2.59. The number of rotatable bonds is 1. The van der Waals surface area contributed by atoms with Crippen LogP contribution in [0.5, 0.6) is 0 Å². The number of amides is 2. The second kappa shape index (κ2) is 3.13. The first-order chi connectivity index (χ1) is 8.07. The zero-order chi connectivity index (χ0) is 11.8. The number of β-lactam (4-membered cyclic amide) rings is 2. The largest absolute Gasteiger partial charge is 0.376 e. The van der Waals surface area contributed by atoms with E-state index in [9.17, 15) is 14.7 Å². The van der Waals surface area contributed by atoms with Crippen LogP contribution >= 0.6 is 23.5 Å². The minimum Gasteiger partial charge on any atom is -0.376 e. The van der Waals surface area contributed by atoms with Crippen molar-refractivity contribution < 1.29 is 14.7 Å². The molecule has 17 heavy (non-hydrogen) atoms. The topological polar surface area (TPSA) is 60.9 Å². The van der Waals surface area contributed by atoms with E-state index in [1.54, 1.807) is 16.7 Å². The van der Waals surface area contributed by atoms with Crippen LogP contribution in [0.4, 0.5) is 0 Å². The van der Waals surface area contributed by atoms with Crippen LogP contribution in [0.3, 0.4) is 0 Å². The molecule has 2 unspecified atom stereocenters. The van der Waals surface area contributed by atoms with Gasteiger partial charge in [0.2, 0.25) is 11.8 Å². The van der Waals surface area contributed by atoms with E-state index in [2.05, 4.69) is 0 Å². The standard InChI is InChI=1S/C10H12N2O3S2/c13-6-1-8-11(6)3-5(16-8)10(15)4-12-7(14)2-9(12)17-10/h5,8-9,15H,1-4H2/t5?,8-,9-,10?/m1/s1. The van der Waals surface area contributed by atoms with Crippen molar-refractivity contribution in [1.29, 1.82) is 0 Å². The van der Waals surface area contributed by atoms with Crippen LogP contribution in [0.2, 0.25) is 0 Å². The maximum absolute atomic E-state index is 11.3. The van der Waals surface area contributed by atoms with Crippen molar-refractivity contribution >= 4 is 35.3 Å². The summed E-state index contributed by atoms with van der Waals surface area (Å²) >= 11 is 3.19. The molecule has 0 saturated carbocycles. The molecule has 92 valence electrons. The van der Waals surface area contributed by atoms with Gasteiger partial charge in [0.05, 0.1) is 35.4 Å². The lowest BCUT2D eigenvalue weighted by Crippen LogP contribution is -2.50. The summed E-state index contributed by atoms with van der Waals surface area (Å²) in [4.78, 5) is 25.4. The minimum atomic E-state index is -0.862. The number of carbonyl (C=O) groups is 2. The molecule has 0 aromatic heterocycles. The third kappa shape index (κ3) is 1.27. The van der Waals surface area contributed by atoms with Crippen LogP contribution in [-0.4, -0.2) is 60.7 Å². The first-order valence-corrected chi connectivity index (χ1v) is 7.54. The van der Waals surface area contributed by atoms with E-state index >= 15 is 0 Å². The molecule has 4 atom stereocenters. The lowest BCUT2D eigenvalue weighted by Gasteiger charge is -2.32. The molecule has 7 heteroatoms. The molecule has 2 amide bonds. The average Bonchev–Trinajstić information content (AvgIpc) is 2.76. The van der Waals surface area contributed by atoms with Gasteiger partial charge < -0.3 is 14.9 Å². The Labute approximate surface area is 107 Å². The van der Waals surface area contributed by atoms with Crippen LogP contribution in [0.25, 0.3) is 0 Å². The van der Waals surface area contributed by atoms with E-state index < -0.39 is 4.93 Å². The van der Waals surface area contributed by atoms with Gasteiger partial charge >= 0.3 is 0 Å². The van der Waals surface area contributed by atoms with Gasteiger partial charge in [-0.3, -0.25) is 9.59 Å². The van der Waals surface area contributed by atoms with Crippen molar-refractivity contribution in [2.45, 2.75) is 33.8 Å². The van der Waals surface area contributed by atoms with E-state index in [1.807, 2.05) is 4.90 Å². The first-order valence-electron chi connectivity index (χ1n) is 5.71. The molecule has 5 nitrogen and oxygen atoms in total. The summed E-state index contributed by atoms with van der Waals surface area (Å²) in [5.41, 5.74) is 0. The Kier molecular flexibility index (Phi) is 1.94. The highest BCUT2D eigenvalue weighted by molar-refractivity contribution is 8.05. The molecule has 4 aliphatic heterocycles. The van der Waals surface area contributed by atoms with Crippen molar-refractivity contribution in [2.75, 3.05) is 13.1 Å². The summed E-state index contributed by atoms with van der Waals surface area (Å²) in [5.74, 6) is 0.330. The van der Waals surface area contributed by atoms with Crippen molar-refractivity contribution in [3.63, 3.8) is 0 Å². The number of carbonyl (C=O) groups excluding carboxylic acids is 2. The lowest BCUT2D eigenvalue weighted by molar-refractivity contribution is -0.143. The van der Waals surface area contributed by atoms with Crippen LogP contribution in [0.15, 0.2) is 0 Å². The summed E-state index contributed by atoms with van der Waals surface area (Å²) in [6, 6.07) is 0. The van der Waals surface area contributed by atoms with Crippen molar-refractivity contribution in [2.24, 2.45) is 0 Å². The molecule has 0 radical (unpaired) electrons. The molecule has 0 bridgehead atoms. The summed E-state index contributed by atoms with van der Waals surface area (Å²) in [6.45, 7) is 1.06. The van der Waals surface area contributed by atoms with Gasteiger partial charge in [-0.25, -0.2) is 0 Å². The Morgan fingerprint density at radius 3 is 2.47 bits per heavy atom. The molecule has 0 spiro atoms. The molecule has 4 rings (SSSR count). The minimum absolute atomic E-state index is 0.0438. The van der Waals surface area contributed by atoms with E-state index in [0.29, 0.717) is 25.9 Å². The Balaban J connectivity index is 1.52. The second-order valence-corrected chi connectivity index (χ2v) is 7.84. The number of aliphatic hydroxyl groups is 1. The Morgan fingerprint density at radius 1 is 1.18 bits per heavy atom. The Bertz CT molecular complexity index is 432. The summed E-state index contributed by atoms with van der Waals surface area (Å²) in [5, 5.41) is 11.1. The second-order valence-electron chi connectivity index (χ2n) is 4.97. The molecule has 0 aromatic carbocycles. The number of nitrogens with zero attached hydrogens (tertiary/aromatic N) is 2. The monoisotopic (exact) mass is 272 g/mol. The molecule has 4 heterocycles. The zero-order valence-electron chi connectivity index (χ0n) is 9.04. The van der Waals surface area contributed by atoms with Crippen LogP contribution in [0.1, 0.15) is 12.8 Å². The van der Waals surface area contributed by atoms with Gasteiger partial charge in [-0.05, 0) is 0 Å². The van der Waals surface area contributed by atoms with Crippen LogP contribution < -0.4 is 0 Å². The highest BCUT2D eigenvalue weighted by Crippen LogP contribution is 2.53. The SMILES string of the molecule is O=C1C[C@H]2SC(C3(O)CN4C(=O)C[C@H]4S3)CN12. The third-order valence-electron chi connectivity index (χ3n) is 3.96. The Morgan fingerprint density at radius 2 is 1.88 bits per heavy atom. The molecular weight excluding hydrogens is 260 g/mol. The molecule has 0 aliphatic carbocycles. The fourth-order valence-electron chi connectivity index (χ4n) is 2.84. The fourth-order valence-corrected chi connectivity index (χ4v) is 6.13. The molecule has 4 saturated heterocycles. The van der Waals surface area contributed by atoms with Gasteiger partial charge in [-0.1, -0.05) is 11.8 Å². The van der Waals surface area contributed by atoms with Crippen LogP contribution in [-0.2, 0) is 9.59 Å². The quantitative estimate of drug-likeness (QED) is 0.661. The normalized spacial score (nSPS) is 47.7. The highest BCUT2D eigenvalue weighted by atomic mass is 32.2. The smallest absolute Gasteiger partial charge is 0.226 e. The van der Waals surface area contributed by atoms with Gasteiger partial charge in [0.1, 0.15) is 4.93 Å². The van der Waals surface area contributed by atoms with Crippen molar-refractivity contribution in [3.8, 4) is 0 Å². The van der Waals surface area contributed by atoms with E-state index in [0.717, 1.165) is 0 Å². The van der Waals surface area contributed by atoms with Gasteiger partial charge in [-0.2, -0.15) is 0 Å². The number of hydrogen-bond acceptors (Lipinski definition) is 5. The molecule has 0 aromatic rings. The molecule has 4 fully saturated rings. The van der Waals surface area contributed by atoms with Crippen molar-refractivity contribution in [3.05, 3.63) is 0 Å². The molecular formula is C10H12N2O3S2. The van der Waals surface area contributed by atoms with Gasteiger partial charge in [-0.15, -0.1) is 11.8 Å². The lowest BCUT2D eigenvalue weighted by atomic mass is 10.1. The fraction of sp³-hybridized carbons (Fsp3) is 0.800. The summed E-state index contributed by atoms with van der Waals surface area (Å²) in [6.07, 6.45) is 1.16. The summed E-state index contributed by atoms with van der Waals surface area (Å²) < 4.78 is 0. The average molecular weight is 272 g/mol. The van der Waals surface area contributed by atoms with E-state index in [1.165, 1.54) is 11.8 Å². The number of hydrogen-bond donors (Lipinski definition) is 1. The number of fused-ring (bicyclic) bond motifs is 2. The first kappa shape index (κ1) is 10.5. The molecule has 1 N–H and O–H groups in total. The molecule has 4 aliphatic rings. The predicted octanol–water partition coefficient (Wildman–Crippen LogP) is -0.346. The third-order valence-corrected chi connectivity index (χ3v) is 7.23. The van der Waals surface area contributed by atoms with E-state index in [-0.39, 0.29) is 27.8 Å². The summed E-state index contributed by atoms with van der Waals surface area (Å²) in [7, 11) is 0. The number of thioether (sulfide) groups is 2.